The molecule has 1 aromatic heterocycles. The van der Waals surface area contributed by atoms with Crippen LogP contribution in [0.5, 0.6) is 17.2 Å². The average molecular weight is 376 g/mol. The van der Waals surface area contributed by atoms with Crippen molar-refractivity contribution in [1.82, 2.24) is 9.78 Å². The van der Waals surface area contributed by atoms with Crippen LogP contribution >= 0.6 is 0 Å². The summed E-state index contributed by atoms with van der Waals surface area (Å²) in [6.07, 6.45) is 2.57. The Morgan fingerprint density at radius 1 is 1.14 bits per heavy atom. The second-order valence-corrected chi connectivity index (χ2v) is 6.37. The summed E-state index contributed by atoms with van der Waals surface area (Å²) in [4.78, 5) is 11.0. The Labute approximate surface area is 163 Å². The van der Waals surface area contributed by atoms with E-state index in [0.717, 1.165) is 34.7 Å². The van der Waals surface area contributed by atoms with Gasteiger partial charge in [-0.2, -0.15) is 5.10 Å². The van der Waals surface area contributed by atoms with Crippen molar-refractivity contribution < 1.29 is 19.0 Å². The third kappa shape index (κ3) is 3.49. The van der Waals surface area contributed by atoms with Gasteiger partial charge in [0.1, 0.15) is 12.0 Å². The second kappa shape index (κ2) is 7.60. The van der Waals surface area contributed by atoms with E-state index in [1.54, 1.807) is 13.0 Å². The average Bonchev–Trinajstić information content (AvgIpc) is 3.35. The zero-order valence-electron chi connectivity index (χ0n) is 15.7. The van der Waals surface area contributed by atoms with E-state index in [1.165, 1.54) is 0 Å². The normalized spacial score (nSPS) is 12.9. The van der Waals surface area contributed by atoms with Crippen molar-refractivity contribution in [3.8, 4) is 34.2 Å². The minimum Gasteiger partial charge on any atom is -0.494 e. The summed E-state index contributed by atoms with van der Waals surface area (Å²) < 4.78 is 18.3. The van der Waals surface area contributed by atoms with Gasteiger partial charge in [-0.05, 0) is 74.0 Å². The highest BCUT2D eigenvalue weighted by atomic mass is 16.7. The van der Waals surface area contributed by atoms with Gasteiger partial charge in [0, 0.05) is 5.56 Å². The quantitative estimate of drug-likeness (QED) is 0.475. The van der Waals surface area contributed by atoms with E-state index >= 15 is 0 Å². The molecule has 0 aliphatic carbocycles. The van der Waals surface area contributed by atoms with Crippen molar-refractivity contribution in [2.45, 2.75) is 13.8 Å². The molecule has 4 rings (SSSR count). The first kappa shape index (κ1) is 17.9. The first-order valence-electron chi connectivity index (χ1n) is 9.04. The van der Waals surface area contributed by atoms with Crippen LogP contribution in [0, 0.1) is 0 Å². The van der Waals surface area contributed by atoms with Crippen molar-refractivity contribution in [3.05, 3.63) is 59.8 Å². The van der Waals surface area contributed by atoms with Crippen LogP contribution in [0.25, 0.3) is 23.0 Å². The Hall–Kier alpha value is -3.54. The summed E-state index contributed by atoms with van der Waals surface area (Å²) in [6, 6.07) is 15.5. The molecule has 0 radical (unpaired) electrons. The van der Waals surface area contributed by atoms with E-state index < -0.39 is 0 Å². The molecule has 0 fully saturated rings. The lowest BCUT2D eigenvalue weighted by Crippen LogP contribution is -2.00. The molecule has 28 heavy (non-hydrogen) atoms. The maximum atomic E-state index is 11.0. The summed E-state index contributed by atoms with van der Waals surface area (Å²) >= 11 is 0. The SMILES string of the molecule is CCOc1ccc(-n2nc(/C=C(\C)C=O)cc2-c2ccc3c(c2)OCO3)cc1. The van der Waals surface area contributed by atoms with Crippen LogP contribution in [0.1, 0.15) is 19.5 Å². The van der Waals surface area contributed by atoms with Crippen LogP contribution in [0.3, 0.4) is 0 Å². The molecule has 6 heteroatoms. The fourth-order valence-corrected chi connectivity index (χ4v) is 3.05. The van der Waals surface area contributed by atoms with Crippen LogP contribution in [-0.2, 0) is 4.79 Å². The predicted molar refractivity (Wildman–Crippen MR) is 106 cm³/mol. The zero-order valence-corrected chi connectivity index (χ0v) is 15.7. The Kier molecular flexibility index (Phi) is 4.85. The molecule has 6 nitrogen and oxygen atoms in total. The topological polar surface area (TPSA) is 62.6 Å². The van der Waals surface area contributed by atoms with Crippen LogP contribution < -0.4 is 14.2 Å². The third-order valence-corrected chi connectivity index (χ3v) is 4.35. The molecule has 142 valence electrons. The highest BCUT2D eigenvalue weighted by molar-refractivity contribution is 5.81. The zero-order chi connectivity index (χ0) is 19.5. The summed E-state index contributed by atoms with van der Waals surface area (Å²) in [6.45, 7) is 4.54. The van der Waals surface area contributed by atoms with Gasteiger partial charge in [0.05, 0.1) is 23.7 Å². The Balaban J connectivity index is 1.80. The maximum absolute atomic E-state index is 11.0. The van der Waals surface area contributed by atoms with E-state index in [-0.39, 0.29) is 6.79 Å². The first-order chi connectivity index (χ1) is 13.7. The number of fused-ring (bicyclic) bond motifs is 1. The van der Waals surface area contributed by atoms with Gasteiger partial charge in [0.15, 0.2) is 11.5 Å². The van der Waals surface area contributed by atoms with Gasteiger partial charge in [-0.1, -0.05) is 0 Å². The van der Waals surface area contributed by atoms with Gasteiger partial charge in [-0.15, -0.1) is 0 Å². The highest BCUT2D eigenvalue weighted by Gasteiger charge is 2.17. The number of allylic oxidation sites excluding steroid dienone is 1. The largest absolute Gasteiger partial charge is 0.494 e. The number of ether oxygens (including phenoxy) is 3. The lowest BCUT2D eigenvalue weighted by Gasteiger charge is -2.09. The fraction of sp³-hybridized carbons (Fsp3) is 0.182. The van der Waals surface area contributed by atoms with Crippen LogP contribution in [-0.4, -0.2) is 29.5 Å². The predicted octanol–water partition coefficient (Wildman–Crippen LogP) is 4.27. The number of nitrogens with zero attached hydrogens (tertiary/aromatic N) is 2. The van der Waals surface area contributed by atoms with Gasteiger partial charge in [-0.3, -0.25) is 4.79 Å². The van der Waals surface area contributed by atoms with E-state index in [1.807, 2.05) is 60.1 Å². The smallest absolute Gasteiger partial charge is 0.231 e. The van der Waals surface area contributed by atoms with Gasteiger partial charge < -0.3 is 14.2 Å². The maximum Gasteiger partial charge on any atom is 0.231 e. The molecule has 0 saturated carbocycles. The van der Waals surface area contributed by atoms with E-state index in [9.17, 15) is 4.79 Å². The number of carbonyl (C=O) groups is 1. The van der Waals surface area contributed by atoms with Crippen molar-refractivity contribution in [2.24, 2.45) is 0 Å². The summed E-state index contributed by atoms with van der Waals surface area (Å²) in [5.74, 6) is 2.24. The molecule has 0 spiro atoms. The van der Waals surface area contributed by atoms with E-state index in [2.05, 4.69) is 5.10 Å². The molecular weight excluding hydrogens is 356 g/mol. The number of benzene rings is 2. The fourth-order valence-electron chi connectivity index (χ4n) is 3.05. The monoisotopic (exact) mass is 376 g/mol. The standard InChI is InChI=1S/C22H20N2O4/c1-3-26-19-7-5-18(6-8-19)24-20(12-17(23-24)10-15(2)13-25)16-4-9-21-22(11-16)28-14-27-21/h4-13H,3,14H2,1-2H3/b15-10+. The Morgan fingerprint density at radius 3 is 2.68 bits per heavy atom. The molecule has 0 amide bonds. The summed E-state index contributed by atoms with van der Waals surface area (Å²) in [7, 11) is 0. The third-order valence-electron chi connectivity index (χ3n) is 4.35. The van der Waals surface area contributed by atoms with Gasteiger partial charge in [0.25, 0.3) is 0 Å². The molecule has 0 saturated heterocycles. The molecule has 1 aliphatic rings. The minimum absolute atomic E-state index is 0.226. The molecule has 1 aliphatic heterocycles. The van der Waals surface area contributed by atoms with Crippen LogP contribution in [0.4, 0.5) is 0 Å². The van der Waals surface area contributed by atoms with Gasteiger partial charge in [0.2, 0.25) is 6.79 Å². The van der Waals surface area contributed by atoms with Crippen molar-refractivity contribution >= 4 is 12.4 Å². The molecule has 2 heterocycles. The molecule has 3 aromatic rings. The second-order valence-electron chi connectivity index (χ2n) is 6.37. The molecular formula is C22H20N2O4. The number of hydrogen-bond acceptors (Lipinski definition) is 5. The number of aldehydes is 1. The first-order valence-corrected chi connectivity index (χ1v) is 9.04. The van der Waals surface area contributed by atoms with Crippen molar-refractivity contribution in [3.63, 3.8) is 0 Å². The molecule has 2 aromatic carbocycles. The highest BCUT2D eigenvalue weighted by Crippen LogP contribution is 2.36. The lowest BCUT2D eigenvalue weighted by atomic mass is 10.1. The summed E-state index contributed by atoms with van der Waals surface area (Å²) in [5.41, 5.74) is 4.01. The molecule has 0 atom stereocenters. The lowest BCUT2D eigenvalue weighted by molar-refractivity contribution is -0.104. The molecule has 0 unspecified atom stereocenters. The number of aromatic nitrogens is 2. The van der Waals surface area contributed by atoms with Crippen molar-refractivity contribution in [2.75, 3.05) is 13.4 Å². The van der Waals surface area contributed by atoms with Crippen LogP contribution in [0.15, 0.2) is 54.1 Å². The Bertz CT molecular complexity index is 1040. The number of carbonyl (C=O) groups excluding carboxylic acids is 1. The van der Waals surface area contributed by atoms with E-state index in [0.29, 0.717) is 23.6 Å². The summed E-state index contributed by atoms with van der Waals surface area (Å²) in [5, 5.41) is 4.68. The molecule has 0 N–H and O–H groups in total. The number of hydrogen-bond donors (Lipinski definition) is 0. The van der Waals surface area contributed by atoms with Gasteiger partial charge >= 0.3 is 0 Å². The molecule has 0 bridgehead atoms. The minimum atomic E-state index is 0.226. The van der Waals surface area contributed by atoms with E-state index in [4.69, 9.17) is 14.2 Å². The Morgan fingerprint density at radius 2 is 1.93 bits per heavy atom. The van der Waals surface area contributed by atoms with Gasteiger partial charge in [-0.25, -0.2) is 4.68 Å². The van der Waals surface area contributed by atoms with Crippen LogP contribution in [0.2, 0.25) is 0 Å². The van der Waals surface area contributed by atoms with Crippen molar-refractivity contribution in [1.29, 1.82) is 0 Å². The number of rotatable bonds is 6.